The highest BCUT2D eigenvalue weighted by Gasteiger charge is 2.12. The SMILES string of the molecule is CNC(Cc1cncs1)c1ccc(F)cn1. The Labute approximate surface area is 97.4 Å². The van der Waals surface area contributed by atoms with Crippen LogP contribution in [-0.2, 0) is 6.42 Å². The first-order valence-corrected chi connectivity index (χ1v) is 5.83. The lowest BCUT2D eigenvalue weighted by molar-refractivity contribution is 0.568. The zero-order valence-electron chi connectivity index (χ0n) is 8.85. The van der Waals surface area contributed by atoms with E-state index in [1.165, 1.54) is 17.1 Å². The predicted octanol–water partition coefficient (Wildman–Crippen LogP) is 2.18. The number of hydrogen-bond donors (Lipinski definition) is 1. The topological polar surface area (TPSA) is 37.8 Å². The number of thiazole rings is 1. The molecule has 3 nitrogen and oxygen atoms in total. The van der Waals surface area contributed by atoms with Crippen molar-refractivity contribution in [2.24, 2.45) is 0 Å². The van der Waals surface area contributed by atoms with E-state index in [1.54, 1.807) is 22.9 Å². The maximum absolute atomic E-state index is 12.7. The maximum Gasteiger partial charge on any atom is 0.141 e. The molecule has 1 unspecified atom stereocenters. The summed E-state index contributed by atoms with van der Waals surface area (Å²) in [6.45, 7) is 0. The molecule has 0 aromatic carbocycles. The minimum Gasteiger partial charge on any atom is -0.311 e. The van der Waals surface area contributed by atoms with Crippen LogP contribution in [-0.4, -0.2) is 17.0 Å². The zero-order chi connectivity index (χ0) is 11.4. The Balaban J connectivity index is 2.13. The molecule has 2 aromatic heterocycles. The lowest BCUT2D eigenvalue weighted by Gasteiger charge is -2.14. The van der Waals surface area contributed by atoms with Gasteiger partial charge < -0.3 is 5.32 Å². The number of rotatable bonds is 4. The van der Waals surface area contributed by atoms with Gasteiger partial charge in [0, 0.05) is 17.5 Å². The Morgan fingerprint density at radius 3 is 2.88 bits per heavy atom. The molecule has 1 N–H and O–H groups in total. The molecule has 0 saturated heterocycles. The van der Waals surface area contributed by atoms with Gasteiger partial charge in [0.1, 0.15) is 5.82 Å². The monoisotopic (exact) mass is 237 g/mol. The van der Waals surface area contributed by atoms with Crippen LogP contribution in [0.1, 0.15) is 16.6 Å². The van der Waals surface area contributed by atoms with Crippen molar-refractivity contribution in [1.29, 1.82) is 0 Å². The van der Waals surface area contributed by atoms with E-state index >= 15 is 0 Å². The van der Waals surface area contributed by atoms with E-state index in [0.29, 0.717) is 0 Å². The quantitative estimate of drug-likeness (QED) is 0.885. The molecule has 0 fully saturated rings. The molecule has 1 atom stereocenters. The highest BCUT2D eigenvalue weighted by Crippen LogP contribution is 2.18. The molecular formula is C11H12FN3S. The lowest BCUT2D eigenvalue weighted by atomic mass is 10.1. The molecular weight excluding hydrogens is 225 g/mol. The standard InChI is InChI=1S/C11H12FN3S/c1-13-11(4-9-6-14-7-16-9)10-3-2-8(12)5-15-10/h2-3,5-7,11,13H,4H2,1H3. The van der Waals surface area contributed by atoms with Crippen LogP contribution >= 0.6 is 11.3 Å². The summed E-state index contributed by atoms with van der Waals surface area (Å²) >= 11 is 1.61. The smallest absolute Gasteiger partial charge is 0.141 e. The van der Waals surface area contributed by atoms with Crippen molar-refractivity contribution in [3.8, 4) is 0 Å². The molecule has 5 heteroatoms. The summed E-state index contributed by atoms with van der Waals surface area (Å²) in [6, 6.07) is 3.23. The maximum atomic E-state index is 12.7. The Bertz CT molecular complexity index is 427. The van der Waals surface area contributed by atoms with Gasteiger partial charge in [0.2, 0.25) is 0 Å². The molecule has 0 aliphatic heterocycles. The first kappa shape index (κ1) is 11.2. The molecule has 0 saturated carbocycles. The van der Waals surface area contributed by atoms with Crippen molar-refractivity contribution >= 4 is 11.3 Å². The molecule has 0 amide bonds. The zero-order valence-corrected chi connectivity index (χ0v) is 9.67. The number of hydrogen-bond acceptors (Lipinski definition) is 4. The van der Waals surface area contributed by atoms with Crippen LogP contribution in [0.15, 0.2) is 30.0 Å². The largest absolute Gasteiger partial charge is 0.311 e. The van der Waals surface area contributed by atoms with Crippen LogP contribution in [0.2, 0.25) is 0 Å². The third kappa shape index (κ3) is 2.62. The van der Waals surface area contributed by atoms with E-state index in [2.05, 4.69) is 15.3 Å². The number of pyridine rings is 1. The van der Waals surface area contributed by atoms with Crippen molar-refractivity contribution in [3.05, 3.63) is 46.4 Å². The number of halogens is 1. The molecule has 0 bridgehead atoms. The summed E-state index contributed by atoms with van der Waals surface area (Å²) in [4.78, 5) is 9.29. The minimum atomic E-state index is -0.309. The van der Waals surface area contributed by atoms with Gasteiger partial charge in [-0.2, -0.15) is 0 Å². The van der Waals surface area contributed by atoms with E-state index in [4.69, 9.17) is 0 Å². The molecule has 0 spiro atoms. The Morgan fingerprint density at radius 2 is 2.31 bits per heavy atom. The van der Waals surface area contributed by atoms with Gasteiger partial charge in [0.15, 0.2) is 0 Å². The van der Waals surface area contributed by atoms with Gasteiger partial charge in [-0.1, -0.05) is 0 Å². The fraction of sp³-hybridized carbons (Fsp3) is 0.273. The van der Waals surface area contributed by atoms with Crippen LogP contribution < -0.4 is 5.32 Å². The number of nitrogens with one attached hydrogen (secondary N) is 1. The Morgan fingerprint density at radius 1 is 1.44 bits per heavy atom. The van der Waals surface area contributed by atoms with Gasteiger partial charge in [-0.05, 0) is 19.2 Å². The average molecular weight is 237 g/mol. The van der Waals surface area contributed by atoms with Crippen molar-refractivity contribution < 1.29 is 4.39 Å². The first-order chi connectivity index (χ1) is 7.79. The van der Waals surface area contributed by atoms with Crippen molar-refractivity contribution in [1.82, 2.24) is 15.3 Å². The Kier molecular flexibility index (Phi) is 3.58. The summed E-state index contributed by atoms with van der Waals surface area (Å²) in [5.41, 5.74) is 2.65. The van der Waals surface area contributed by atoms with Gasteiger partial charge in [0.25, 0.3) is 0 Å². The fourth-order valence-electron chi connectivity index (χ4n) is 1.49. The second kappa shape index (κ2) is 5.14. The van der Waals surface area contributed by atoms with Gasteiger partial charge >= 0.3 is 0 Å². The second-order valence-corrected chi connectivity index (χ2v) is 4.39. The summed E-state index contributed by atoms with van der Waals surface area (Å²) in [5, 5.41) is 3.17. The van der Waals surface area contributed by atoms with Gasteiger partial charge in [-0.3, -0.25) is 9.97 Å². The summed E-state index contributed by atoms with van der Waals surface area (Å²) in [6.07, 6.45) is 3.91. The van der Waals surface area contributed by atoms with Crippen LogP contribution in [0, 0.1) is 5.82 Å². The molecule has 2 rings (SSSR count). The van der Waals surface area contributed by atoms with Crippen LogP contribution in [0.25, 0.3) is 0 Å². The van der Waals surface area contributed by atoms with E-state index in [-0.39, 0.29) is 11.9 Å². The number of nitrogens with zero attached hydrogens (tertiary/aromatic N) is 2. The van der Waals surface area contributed by atoms with Crippen LogP contribution in [0.4, 0.5) is 4.39 Å². The minimum absolute atomic E-state index is 0.0982. The van der Waals surface area contributed by atoms with E-state index in [9.17, 15) is 4.39 Å². The van der Waals surface area contributed by atoms with Gasteiger partial charge in [-0.15, -0.1) is 11.3 Å². The van der Waals surface area contributed by atoms with Crippen molar-refractivity contribution in [2.75, 3.05) is 7.05 Å². The number of likely N-dealkylation sites (N-methyl/N-ethyl adjacent to an activating group) is 1. The third-order valence-electron chi connectivity index (χ3n) is 2.34. The molecule has 2 heterocycles. The highest BCUT2D eigenvalue weighted by atomic mass is 32.1. The van der Waals surface area contributed by atoms with Gasteiger partial charge in [0.05, 0.1) is 23.4 Å². The highest BCUT2D eigenvalue weighted by molar-refractivity contribution is 7.09. The first-order valence-electron chi connectivity index (χ1n) is 4.95. The molecule has 84 valence electrons. The molecule has 0 aliphatic carbocycles. The summed E-state index contributed by atoms with van der Waals surface area (Å²) in [7, 11) is 1.87. The fourth-order valence-corrected chi connectivity index (χ4v) is 2.13. The number of aromatic nitrogens is 2. The lowest BCUT2D eigenvalue weighted by Crippen LogP contribution is -2.19. The average Bonchev–Trinajstić information content (AvgIpc) is 2.80. The van der Waals surface area contributed by atoms with Crippen molar-refractivity contribution in [3.63, 3.8) is 0 Å². The van der Waals surface area contributed by atoms with E-state index in [1.807, 2.05) is 13.2 Å². The molecule has 16 heavy (non-hydrogen) atoms. The Hall–Kier alpha value is -1.33. The third-order valence-corrected chi connectivity index (χ3v) is 3.15. The second-order valence-electron chi connectivity index (χ2n) is 3.41. The molecule has 0 radical (unpaired) electrons. The van der Waals surface area contributed by atoms with E-state index in [0.717, 1.165) is 12.1 Å². The summed E-state index contributed by atoms with van der Waals surface area (Å²) < 4.78 is 12.7. The predicted molar refractivity (Wildman–Crippen MR) is 61.8 cm³/mol. The molecule has 0 aliphatic rings. The van der Waals surface area contributed by atoms with Gasteiger partial charge in [-0.25, -0.2) is 4.39 Å². The van der Waals surface area contributed by atoms with Crippen LogP contribution in [0.3, 0.4) is 0 Å². The normalized spacial score (nSPS) is 12.6. The molecule has 2 aromatic rings. The summed E-state index contributed by atoms with van der Waals surface area (Å²) in [5.74, 6) is -0.309. The van der Waals surface area contributed by atoms with E-state index < -0.39 is 0 Å². The van der Waals surface area contributed by atoms with Crippen LogP contribution in [0.5, 0.6) is 0 Å². The van der Waals surface area contributed by atoms with Crippen molar-refractivity contribution in [2.45, 2.75) is 12.5 Å².